The van der Waals surface area contributed by atoms with E-state index < -0.39 is 45.6 Å². The van der Waals surface area contributed by atoms with Gasteiger partial charge in [0.1, 0.15) is 6.67 Å². The molecule has 0 saturated carbocycles. The molecule has 178 valence electrons. The molecule has 8 nitrogen and oxygen atoms in total. The highest BCUT2D eigenvalue weighted by Crippen LogP contribution is 2.25. The van der Waals surface area contributed by atoms with Crippen LogP contribution in [0.2, 0.25) is 0 Å². The normalized spacial score (nSPS) is 13.1. The van der Waals surface area contributed by atoms with E-state index in [4.69, 9.17) is 32.7 Å². The molecule has 1 amide bonds. The second kappa shape index (κ2) is 14.7. The average Bonchev–Trinajstić information content (AvgIpc) is 2.69. The highest BCUT2D eigenvalue weighted by Gasteiger charge is 2.31. The largest absolute Gasteiger partial charge is 0.508 e. The van der Waals surface area contributed by atoms with E-state index in [0.29, 0.717) is 13.0 Å². The second-order valence-electron chi connectivity index (χ2n) is 6.26. The minimum atomic E-state index is -3.46. The molecule has 2 atom stereocenters. The quantitative estimate of drug-likeness (QED) is 0.246. The Morgan fingerprint density at radius 1 is 1.19 bits per heavy atom. The van der Waals surface area contributed by atoms with Gasteiger partial charge in [-0.15, -0.1) is 12.4 Å². The van der Waals surface area contributed by atoms with Gasteiger partial charge >= 0.3 is 6.16 Å². The molecule has 0 aliphatic carbocycles. The Morgan fingerprint density at radius 2 is 1.81 bits per heavy atom. The molecule has 0 saturated heterocycles. The van der Waals surface area contributed by atoms with E-state index in [9.17, 15) is 22.4 Å². The Morgan fingerprint density at radius 3 is 2.29 bits per heavy atom. The Balaban J connectivity index is 0.00000900. The van der Waals surface area contributed by atoms with Crippen LogP contribution in [0.1, 0.15) is 25.0 Å². The maximum Gasteiger partial charge on any atom is 0.508 e. The van der Waals surface area contributed by atoms with Crippen LogP contribution >= 0.6 is 35.6 Å². The molecule has 0 unspecified atom stereocenters. The van der Waals surface area contributed by atoms with Crippen LogP contribution < -0.4 is 10.6 Å². The van der Waals surface area contributed by atoms with Gasteiger partial charge in [0.2, 0.25) is 0 Å². The van der Waals surface area contributed by atoms with Crippen molar-refractivity contribution in [3.05, 3.63) is 29.8 Å². The van der Waals surface area contributed by atoms with Gasteiger partial charge in [-0.25, -0.2) is 17.6 Å². The van der Waals surface area contributed by atoms with Crippen molar-refractivity contribution in [1.29, 1.82) is 0 Å². The number of halogens is 4. The topological polar surface area (TPSA) is 111 Å². The van der Waals surface area contributed by atoms with Crippen molar-refractivity contribution >= 4 is 57.5 Å². The van der Waals surface area contributed by atoms with Crippen molar-refractivity contribution in [2.75, 3.05) is 32.6 Å². The van der Waals surface area contributed by atoms with Gasteiger partial charge in [-0.2, -0.15) is 0 Å². The lowest BCUT2D eigenvalue weighted by Gasteiger charge is -2.26. The van der Waals surface area contributed by atoms with Crippen LogP contribution in [0.3, 0.4) is 0 Å². The number of hydrogen-bond donors (Lipinski definition) is 2. The van der Waals surface area contributed by atoms with Crippen molar-refractivity contribution in [3.63, 3.8) is 0 Å². The summed E-state index contributed by atoms with van der Waals surface area (Å²) in [6, 6.07) is 3.95. The SMILES string of the molecule is CCNCCCOC(=O)O[C@H](c1ccc(S(C)(=O)=O)cc1)[C@@H](CF)NC(=O)C(Cl)Cl.Cl. The summed E-state index contributed by atoms with van der Waals surface area (Å²) in [6.07, 6.45) is -0.794. The van der Waals surface area contributed by atoms with Crippen molar-refractivity contribution in [3.8, 4) is 0 Å². The number of ether oxygens (including phenoxy) is 2. The van der Waals surface area contributed by atoms with Crippen LogP contribution in [-0.2, 0) is 24.1 Å². The van der Waals surface area contributed by atoms with Crippen LogP contribution in [0.15, 0.2) is 29.2 Å². The summed E-state index contributed by atoms with van der Waals surface area (Å²) in [5, 5.41) is 5.32. The molecule has 0 aliphatic rings. The highest BCUT2D eigenvalue weighted by atomic mass is 35.5. The zero-order valence-corrected chi connectivity index (χ0v) is 20.1. The first kappa shape index (κ1) is 29.7. The summed E-state index contributed by atoms with van der Waals surface area (Å²) < 4.78 is 47.2. The lowest BCUT2D eigenvalue weighted by molar-refractivity contribution is -0.121. The number of rotatable bonds is 12. The van der Waals surface area contributed by atoms with E-state index in [2.05, 4.69) is 10.6 Å². The molecule has 31 heavy (non-hydrogen) atoms. The number of hydrogen-bond acceptors (Lipinski definition) is 7. The molecule has 0 aliphatic heterocycles. The van der Waals surface area contributed by atoms with E-state index in [1.54, 1.807) is 0 Å². The third kappa shape index (κ3) is 10.7. The molecular formula is C18H26Cl3FN2O6S. The number of carbonyl (C=O) groups excluding carboxylic acids is 2. The van der Waals surface area contributed by atoms with Crippen molar-refractivity contribution in [2.45, 2.75) is 35.2 Å². The first-order valence-corrected chi connectivity index (χ1v) is 11.8. The molecule has 13 heteroatoms. The van der Waals surface area contributed by atoms with E-state index in [1.165, 1.54) is 24.3 Å². The van der Waals surface area contributed by atoms with E-state index in [0.717, 1.165) is 12.8 Å². The number of sulfone groups is 1. The number of carbonyl (C=O) groups is 2. The fourth-order valence-corrected chi connectivity index (χ4v) is 3.15. The standard InChI is InChI=1S/C18H25Cl2FN2O6S.ClH/c1-3-22-9-4-10-28-18(25)29-15(14(11-21)23-17(24)16(19)20)12-5-7-13(8-6-12)30(2,26)27;/h5-8,14-16,22H,3-4,9-11H2,1-2H3,(H,23,24);1H/t14-,15-;/m1./s1. The first-order valence-electron chi connectivity index (χ1n) is 9.08. The molecule has 1 aromatic carbocycles. The lowest BCUT2D eigenvalue weighted by atomic mass is 10.0. The average molecular weight is 524 g/mol. The summed E-state index contributed by atoms with van der Waals surface area (Å²) in [7, 11) is -3.46. The summed E-state index contributed by atoms with van der Waals surface area (Å²) in [4.78, 5) is 22.4. The molecule has 0 heterocycles. The number of benzene rings is 1. The Hall–Kier alpha value is -1.33. The molecule has 0 radical (unpaired) electrons. The van der Waals surface area contributed by atoms with Gasteiger partial charge < -0.3 is 20.1 Å². The van der Waals surface area contributed by atoms with Gasteiger partial charge in [-0.3, -0.25) is 4.79 Å². The van der Waals surface area contributed by atoms with Crippen molar-refractivity contribution in [1.82, 2.24) is 10.6 Å². The summed E-state index contributed by atoms with van der Waals surface area (Å²) in [5.41, 5.74) is 0.246. The maximum atomic E-state index is 13.7. The van der Waals surface area contributed by atoms with Gasteiger partial charge in [-0.05, 0) is 37.2 Å². The molecule has 0 bridgehead atoms. The third-order valence-corrected chi connectivity index (χ3v) is 5.41. The van der Waals surface area contributed by atoms with Crippen molar-refractivity contribution < 1.29 is 31.9 Å². The van der Waals surface area contributed by atoms with Gasteiger partial charge in [0, 0.05) is 6.26 Å². The number of alkyl halides is 3. The van der Waals surface area contributed by atoms with Gasteiger partial charge in [0.15, 0.2) is 20.8 Å². The van der Waals surface area contributed by atoms with Crippen LogP contribution in [-0.4, -0.2) is 64.0 Å². The fraction of sp³-hybridized carbons (Fsp3) is 0.556. The van der Waals surface area contributed by atoms with E-state index >= 15 is 0 Å². The first-order chi connectivity index (χ1) is 14.1. The van der Waals surface area contributed by atoms with E-state index in [-0.39, 0.29) is 29.5 Å². The van der Waals surface area contributed by atoms with Crippen LogP contribution in [0.25, 0.3) is 0 Å². The molecular weight excluding hydrogens is 498 g/mol. The second-order valence-corrected chi connectivity index (χ2v) is 9.37. The number of nitrogens with one attached hydrogen (secondary N) is 2. The molecule has 0 aromatic heterocycles. The van der Waals surface area contributed by atoms with Crippen LogP contribution in [0.4, 0.5) is 9.18 Å². The van der Waals surface area contributed by atoms with Crippen LogP contribution in [0.5, 0.6) is 0 Å². The Labute approximate surface area is 197 Å². The predicted molar refractivity (Wildman–Crippen MR) is 119 cm³/mol. The van der Waals surface area contributed by atoms with Crippen LogP contribution in [0, 0.1) is 0 Å². The highest BCUT2D eigenvalue weighted by molar-refractivity contribution is 7.90. The van der Waals surface area contributed by atoms with Gasteiger partial charge in [0.25, 0.3) is 5.91 Å². The summed E-state index contributed by atoms with van der Waals surface area (Å²) in [6.45, 7) is 2.31. The zero-order valence-electron chi connectivity index (χ0n) is 17.0. The monoisotopic (exact) mass is 522 g/mol. The van der Waals surface area contributed by atoms with E-state index in [1.807, 2.05) is 6.92 Å². The fourth-order valence-electron chi connectivity index (χ4n) is 2.40. The minimum Gasteiger partial charge on any atom is -0.434 e. The molecule has 2 N–H and O–H groups in total. The number of amides is 1. The molecule has 1 rings (SSSR count). The summed E-state index contributed by atoms with van der Waals surface area (Å²) in [5.74, 6) is -0.874. The van der Waals surface area contributed by atoms with Gasteiger partial charge in [-0.1, -0.05) is 42.3 Å². The molecule has 0 spiro atoms. The maximum absolute atomic E-state index is 13.7. The zero-order chi connectivity index (χ0) is 22.7. The lowest BCUT2D eigenvalue weighted by Crippen LogP contribution is -2.44. The minimum absolute atomic E-state index is 0. The third-order valence-electron chi connectivity index (χ3n) is 3.89. The molecule has 1 aromatic rings. The smallest absolute Gasteiger partial charge is 0.434 e. The Kier molecular flexibility index (Phi) is 14.0. The summed E-state index contributed by atoms with van der Waals surface area (Å²) >= 11 is 11.0. The van der Waals surface area contributed by atoms with Crippen molar-refractivity contribution in [2.24, 2.45) is 0 Å². The predicted octanol–water partition coefficient (Wildman–Crippen LogP) is 2.96. The van der Waals surface area contributed by atoms with Gasteiger partial charge in [0.05, 0.1) is 17.5 Å². The molecule has 0 fully saturated rings. The Bertz CT molecular complexity index is 796.